The van der Waals surface area contributed by atoms with Gasteiger partial charge in [-0.2, -0.15) is 11.8 Å². The molecule has 1 N–H and O–H groups in total. The summed E-state index contributed by atoms with van der Waals surface area (Å²) in [5.41, 5.74) is 0. The van der Waals surface area contributed by atoms with Crippen LogP contribution in [0.2, 0.25) is 0 Å². The van der Waals surface area contributed by atoms with Crippen molar-refractivity contribution in [3.05, 3.63) is 0 Å². The maximum absolute atomic E-state index is 3.80. The van der Waals surface area contributed by atoms with Crippen LogP contribution in [0.1, 0.15) is 39.0 Å². The first kappa shape index (κ1) is 12.3. The van der Waals surface area contributed by atoms with Crippen molar-refractivity contribution in [2.24, 2.45) is 5.92 Å². The molecule has 98 valence electrons. The van der Waals surface area contributed by atoms with Crippen molar-refractivity contribution in [3.8, 4) is 0 Å². The van der Waals surface area contributed by atoms with Crippen LogP contribution in [-0.4, -0.2) is 47.6 Å². The first-order chi connectivity index (χ1) is 8.38. The molecule has 3 rings (SSSR count). The highest BCUT2D eigenvalue weighted by atomic mass is 32.2. The fourth-order valence-electron chi connectivity index (χ4n) is 3.47. The van der Waals surface area contributed by atoms with Crippen LogP contribution in [0.15, 0.2) is 0 Å². The Bertz CT molecular complexity index is 249. The van der Waals surface area contributed by atoms with Crippen LogP contribution >= 0.6 is 11.8 Å². The van der Waals surface area contributed by atoms with E-state index in [0.29, 0.717) is 0 Å². The molecule has 3 fully saturated rings. The molecule has 3 unspecified atom stereocenters. The lowest BCUT2D eigenvalue weighted by Crippen LogP contribution is -2.60. The van der Waals surface area contributed by atoms with Crippen LogP contribution in [0.3, 0.4) is 0 Å². The number of thioether (sulfide) groups is 1. The van der Waals surface area contributed by atoms with Crippen molar-refractivity contribution < 1.29 is 0 Å². The third-order valence-corrected chi connectivity index (χ3v) is 5.96. The Morgan fingerprint density at radius 3 is 2.82 bits per heavy atom. The Hall–Kier alpha value is 0.270. The summed E-state index contributed by atoms with van der Waals surface area (Å²) in [6.45, 7) is 4.92. The summed E-state index contributed by atoms with van der Waals surface area (Å²) in [6, 6.07) is 2.49. The Labute approximate surface area is 110 Å². The number of piperazine rings is 1. The molecule has 1 aliphatic carbocycles. The predicted octanol–water partition coefficient (Wildman–Crippen LogP) is 2.34. The summed E-state index contributed by atoms with van der Waals surface area (Å²) in [5, 5.41) is 3.80. The second-order valence-electron chi connectivity index (χ2n) is 5.98. The number of nitrogens with one attached hydrogen (secondary N) is 1. The molecule has 0 amide bonds. The van der Waals surface area contributed by atoms with Gasteiger partial charge >= 0.3 is 0 Å². The number of hydrogen-bond acceptors (Lipinski definition) is 3. The lowest BCUT2D eigenvalue weighted by atomic mass is 9.99. The second-order valence-corrected chi connectivity index (χ2v) is 7.13. The van der Waals surface area contributed by atoms with Crippen molar-refractivity contribution in [2.45, 2.75) is 57.2 Å². The number of rotatable bonds is 3. The normalized spacial score (nSPS) is 40.4. The molecule has 0 spiro atoms. The van der Waals surface area contributed by atoms with E-state index in [9.17, 15) is 0 Å². The topological polar surface area (TPSA) is 15.3 Å². The summed E-state index contributed by atoms with van der Waals surface area (Å²) >= 11 is 2.17. The molecule has 0 aromatic heterocycles. The first-order valence-electron chi connectivity index (χ1n) is 7.45. The maximum Gasteiger partial charge on any atom is 0.0224 e. The van der Waals surface area contributed by atoms with Crippen molar-refractivity contribution >= 4 is 11.8 Å². The van der Waals surface area contributed by atoms with Gasteiger partial charge in [0.15, 0.2) is 0 Å². The van der Waals surface area contributed by atoms with Crippen LogP contribution in [0, 0.1) is 5.92 Å². The molecule has 0 aromatic carbocycles. The van der Waals surface area contributed by atoms with Gasteiger partial charge in [-0.3, -0.25) is 4.90 Å². The molecule has 2 heterocycles. The van der Waals surface area contributed by atoms with Gasteiger partial charge in [-0.1, -0.05) is 6.92 Å². The lowest BCUT2D eigenvalue weighted by Gasteiger charge is -2.45. The molecule has 17 heavy (non-hydrogen) atoms. The molecular weight excluding hydrogens is 228 g/mol. The average molecular weight is 254 g/mol. The van der Waals surface area contributed by atoms with Crippen molar-refractivity contribution in [2.75, 3.05) is 24.6 Å². The van der Waals surface area contributed by atoms with Crippen molar-refractivity contribution in [1.82, 2.24) is 10.2 Å². The van der Waals surface area contributed by atoms with E-state index >= 15 is 0 Å². The van der Waals surface area contributed by atoms with Gasteiger partial charge in [0.25, 0.3) is 0 Å². The van der Waals surface area contributed by atoms with E-state index in [2.05, 4.69) is 28.9 Å². The molecular formula is C14H26N2S. The highest BCUT2D eigenvalue weighted by Gasteiger charge is 2.39. The SMILES string of the molecule is CCC1CNC(C2CC2)CN1C1CCCSC1. The van der Waals surface area contributed by atoms with Crippen molar-refractivity contribution in [1.29, 1.82) is 0 Å². The second kappa shape index (κ2) is 5.50. The van der Waals surface area contributed by atoms with Crippen LogP contribution in [0.5, 0.6) is 0 Å². The standard InChI is InChI=1S/C14H26N2S/c1-2-12-8-15-14(11-5-6-11)9-16(12)13-4-3-7-17-10-13/h11-15H,2-10H2,1H3. The van der Waals surface area contributed by atoms with E-state index in [0.717, 1.165) is 24.0 Å². The summed E-state index contributed by atoms with van der Waals surface area (Å²) in [6.07, 6.45) is 7.14. The van der Waals surface area contributed by atoms with E-state index in [1.165, 1.54) is 56.7 Å². The van der Waals surface area contributed by atoms with Gasteiger partial charge in [0, 0.05) is 37.0 Å². The van der Waals surface area contributed by atoms with Gasteiger partial charge in [0.05, 0.1) is 0 Å². The fraction of sp³-hybridized carbons (Fsp3) is 1.00. The molecule has 2 nitrogen and oxygen atoms in total. The highest BCUT2D eigenvalue weighted by Crippen LogP contribution is 2.35. The molecule has 0 aromatic rings. The zero-order valence-electron chi connectivity index (χ0n) is 11.0. The molecule has 0 radical (unpaired) electrons. The van der Waals surface area contributed by atoms with E-state index in [1.807, 2.05) is 0 Å². The Morgan fingerprint density at radius 1 is 1.29 bits per heavy atom. The molecule has 3 aliphatic rings. The van der Waals surface area contributed by atoms with Crippen LogP contribution in [0.25, 0.3) is 0 Å². The van der Waals surface area contributed by atoms with E-state index in [1.54, 1.807) is 0 Å². The largest absolute Gasteiger partial charge is 0.311 e. The third kappa shape index (κ3) is 2.82. The van der Waals surface area contributed by atoms with Crippen LogP contribution in [0.4, 0.5) is 0 Å². The zero-order valence-corrected chi connectivity index (χ0v) is 11.8. The summed E-state index contributed by atoms with van der Waals surface area (Å²) in [4.78, 5) is 2.87. The summed E-state index contributed by atoms with van der Waals surface area (Å²) in [7, 11) is 0. The summed E-state index contributed by atoms with van der Waals surface area (Å²) in [5.74, 6) is 3.78. The zero-order chi connectivity index (χ0) is 11.7. The molecule has 2 aliphatic heterocycles. The van der Waals surface area contributed by atoms with Crippen LogP contribution < -0.4 is 5.32 Å². The minimum Gasteiger partial charge on any atom is -0.311 e. The van der Waals surface area contributed by atoms with E-state index in [-0.39, 0.29) is 0 Å². The Morgan fingerprint density at radius 2 is 2.18 bits per heavy atom. The average Bonchev–Trinajstić information content (AvgIpc) is 3.23. The minimum absolute atomic E-state index is 0.800. The molecule has 0 bridgehead atoms. The van der Waals surface area contributed by atoms with E-state index < -0.39 is 0 Å². The maximum atomic E-state index is 3.80. The smallest absolute Gasteiger partial charge is 0.0224 e. The van der Waals surface area contributed by atoms with Crippen LogP contribution in [-0.2, 0) is 0 Å². The minimum atomic E-state index is 0.800. The van der Waals surface area contributed by atoms with Gasteiger partial charge in [0.1, 0.15) is 0 Å². The molecule has 3 atom stereocenters. The monoisotopic (exact) mass is 254 g/mol. The van der Waals surface area contributed by atoms with E-state index in [4.69, 9.17) is 0 Å². The number of nitrogens with zero attached hydrogens (tertiary/aromatic N) is 1. The molecule has 3 heteroatoms. The van der Waals surface area contributed by atoms with Gasteiger partial charge < -0.3 is 5.32 Å². The fourth-order valence-corrected chi connectivity index (χ4v) is 4.64. The summed E-state index contributed by atoms with van der Waals surface area (Å²) < 4.78 is 0. The third-order valence-electron chi connectivity index (χ3n) is 4.76. The first-order valence-corrected chi connectivity index (χ1v) is 8.61. The highest BCUT2D eigenvalue weighted by molar-refractivity contribution is 7.99. The lowest BCUT2D eigenvalue weighted by molar-refractivity contribution is 0.0772. The predicted molar refractivity (Wildman–Crippen MR) is 75.6 cm³/mol. The quantitative estimate of drug-likeness (QED) is 0.832. The Kier molecular flexibility index (Phi) is 3.98. The van der Waals surface area contributed by atoms with Gasteiger partial charge in [-0.25, -0.2) is 0 Å². The van der Waals surface area contributed by atoms with Gasteiger partial charge in [-0.05, 0) is 43.8 Å². The van der Waals surface area contributed by atoms with Crippen molar-refractivity contribution in [3.63, 3.8) is 0 Å². The van der Waals surface area contributed by atoms with Gasteiger partial charge in [-0.15, -0.1) is 0 Å². The Balaban J connectivity index is 1.63. The number of hydrogen-bond donors (Lipinski definition) is 1. The van der Waals surface area contributed by atoms with Gasteiger partial charge in [0.2, 0.25) is 0 Å². The molecule has 2 saturated heterocycles. The molecule has 1 saturated carbocycles.